The second-order valence-electron chi connectivity index (χ2n) is 9.22. The lowest BCUT2D eigenvalue weighted by atomic mass is 9.72. The first-order valence-corrected chi connectivity index (χ1v) is 11.0. The van der Waals surface area contributed by atoms with Crippen molar-refractivity contribution in [3.63, 3.8) is 0 Å². The average molecular weight is 403 g/mol. The van der Waals surface area contributed by atoms with Crippen LogP contribution in [0, 0.1) is 13.8 Å². The maximum Gasteiger partial charge on any atom is 0.0744 e. The fourth-order valence-corrected chi connectivity index (χ4v) is 5.49. The number of nitrogens with zero attached hydrogens (tertiary/aromatic N) is 2. The molecule has 0 radical (unpaired) electrons. The highest BCUT2D eigenvalue weighted by molar-refractivity contribution is 6.06. The lowest BCUT2D eigenvalue weighted by molar-refractivity contribution is 0.630. The molecule has 0 N–H and O–H groups in total. The lowest BCUT2D eigenvalue weighted by Crippen LogP contribution is -2.35. The third-order valence-corrected chi connectivity index (χ3v) is 6.98. The predicted molar refractivity (Wildman–Crippen MR) is 131 cm³/mol. The van der Waals surface area contributed by atoms with Gasteiger partial charge in [0.15, 0.2) is 0 Å². The van der Waals surface area contributed by atoms with Crippen molar-refractivity contribution in [2.75, 3.05) is 9.80 Å². The summed E-state index contributed by atoms with van der Waals surface area (Å²) < 4.78 is 0. The largest absolute Gasteiger partial charge is 0.306 e. The van der Waals surface area contributed by atoms with E-state index in [2.05, 4.69) is 122 Å². The molecule has 0 amide bonds. The quantitative estimate of drug-likeness (QED) is 0.279. The summed E-state index contributed by atoms with van der Waals surface area (Å²) in [4.78, 5) is 4.96. The Bertz CT molecular complexity index is 1330. The Hall–Kier alpha value is -3.52. The Labute approximate surface area is 184 Å². The number of fused-ring (bicyclic) bond motifs is 4. The topological polar surface area (TPSA) is 6.48 Å². The molecule has 0 unspecified atom stereocenters. The fraction of sp³-hybridized carbons (Fsp3) is 0.172. The van der Waals surface area contributed by atoms with E-state index in [9.17, 15) is 0 Å². The molecule has 0 saturated carbocycles. The SMILES string of the molecule is Cc1cccc2c1N1c3c(C)cccc3C(C)(C)c3cccc(c31)N2c1ccccc1. The molecule has 2 nitrogen and oxygen atoms in total. The molecule has 0 atom stereocenters. The molecule has 2 heteroatoms. The van der Waals surface area contributed by atoms with Crippen LogP contribution in [0.1, 0.15) is 36.1 Å². The zero-order valence-electron chi connectivity index (χ0n) is 18.5. The van der Waals surface area contributed by atoms with E-state index < -0.39 is 0 Å². The molecule has 0 aromatic heterocycles. The number of hydrogen-bond acceptors (Lipinski definition) is 2. The van der Waals surface area contributed by atoms with Crippen LogP contribution in [0.4, 0.5) is 34.1 Å². The summed E-state index contributed by atoms with van der Waals surface area (Å²) in [5.74, 6) is 0. The fourth-order valence-electron chi connectivity index (χ4n) is 5.49. The second-order valence-corrected chi connectivity index (χ2v) is 9.22. The number of rotatable bonds is 1. The van der Waals surface area contributed by atoms with E-state index in [0.717, 1.165) is 0 Å². The number of hydrogen-bond donors (Lipinski definition) is 0. The summed E-state index contributed by atoms with van der Waals surface area (Å²) in [5.41, 5.74) is 12.8. The number of anilines is 6. The van der Waals surface area contributed by atoms with Crippen LogP contribution in [-0.2, 0) is 5.41 Å². The van der Waals surface area contributed by atoms with Gasteiger partial charge in [-0.25, -0.2) is 0 Å². The summed E-state index contributed by atoms with van der Waals surface area (Å²) in [5, 5.41) is 0. The summed E-state index contributed by atoms with van der Waals surface area (Å²) in [6.45, 7) is 9.19. The van der Waals surface area contributed by atoms with E-state index in [-0.39, 0.29) is 5.41 Å². The number of para-hydroxylation sites is 4. The summed E-state index contributed by atoms with van der Waals surface area (Å²) in [6, 6.07) is 30.9. The summed E-state index contributed by atoms with van der Waals surface area (Å²) >= 11 is 0. The third-order valence-electron chi connectivity index (χ3n) is 6.98. The van der Waals surface area contributed by atoms with Crippen molar-refractivity contribution in [1.29, 1.82) is 0 Å². The van der Waals surface area contributed by atoms with Gasteiger partial charge in [0.2, 0.25) is 0 Å². The lowest BCUT2D eigenvalue weighted by Gasteiger charge is -2.49. The molecule has 6 rings (SSSR count). The highest BCUT2D eigenvalue weighted by Gasteiger charge is 2.43. The molecule has 4 aromatic rings. The van der Waals surface area contributed by atoms with Gasteiger partial charge in [0.25, 0.3) is 0 Å². The molecule has 2 aliphatic rings. The maximum absolute atomic E-state index is 2.53. The van der Waals surface area contributed by atoms with Gasteiger partial charge in [-0.05, 0) is 60.4 Å². The standard InChI is InChI=1S/C29H26N2/c1-19-11-8-15-22-26(19)31-27-20(2)12-9-17-24(27)30(21-13-6-5-7-14-21)25-18-10-16-23(28(25)31)29(22,3)4/h5-18H,1-4H3. The summed E-state index contributed by atoms with van der Waals surface area (Å²) in [6.07, 6.45) is 0. The molecule has 0 fully saturated rings. The zero-order chi connectivity index (χ0) is 21.3. The Morgan fingerprint density at radius 1 is 0.516 bits per heavy atom. The van der Waals surface area contributed by atoms with Crippen LogP contribution in [0.2, 0.25) is 0 Å². The first kappa shape index (κ1) is 18.3. The van der Waals surface area contributed by atoms with E-state index in [4.69, 9.17) is 0 Å². The van der Waals surface area contributed by atoms with Crippen LogP contribution in [0.25, 0.3) is 0 Å². The highest BCUT2D eigenvalue weighted by atomic mass is 15.3. The molecule has 152 valence electrons. The first-order valence-electron chi connectivity index (χ1n) is 11.0. The minimum atomic E-state index is -0.0776. The molecule has 0 aliphatic carbocycles. The molecular weight excluding hydrogens is 376 g/mol. The highest BCUT2D eigenvalue weighted by Crippen LogP contribution is 2.62. The second kappa shape index (κ2) is 6.24. The molecule has 2 heterocycles. The van der Waals surface area contributed by atoms with Crippen LogP contribution < -0.4 is 9.80 Å². The maximum atomic E-state index is 2.53. The zero-order valence-corrected chi connectivity index (χ0v) is 18.5. The van der Waals surface area contributed by atoms with Gasteiger partial charge >= 0.3 is 0 Å². The monoisotopic (exact) mass is 402 g/mol. The Balaban J connectivity index is 1.78. The van der Waals surface area contributed by atoms with Crippen molar-refractivity contribution in [3.05, 3.63) is 107 Å². The van der Waals surface area contributed by atoms with Gasteiger partial charge in [0.05, 0.1) is 28.4 Å². The molecule has 0 saturated heterocycles. The van der Waals surface area contributed by atoms with Crippen LogP contribution in [0.3, 0.4) is 0 Å². The van der Waals surface area contributed by atoms with Gasteiger partial charge in [-0.1, -0.05) is 74.5 Å². The van der Waals surface area contributed by atoms with Gasteiger partial charge in [-0.3, -0.25) is 0 Å². The molecule has 2 aliphatic heterocycles. The van der Waals surface area contributed by atoms with Gasteiger partial charge in [-0.15, -0.1) is 0 Å². The molecule has 0 spiro atoms. The Morgan fingerprint density at radius 3 is 1.77 bits per heavy atom. The van der Waals surface area contributed by atoms with Crippen LogP contribution in [0.5, 0.6) is 0 Å². The van der Waals surface area contributed by atoms with E-state index in [1.165, 1.54) is 56.4 Å². The van der Waals surface area contributed by atoms with Gasteiger partial charge in [-0.2, -0.15) is 0 Å². The summed E-state index contributed by atoms with van der Waals surface area (Å²) in [7, 11) is 0. The van der Waals surface area contributed by atoms with Crippen molar-refractivity contribution in [1.82, 2.24) is 0 Å². The Morgan fingerprint density at radius 2 is 1.06 bits per heavy atom. The van der Waals surface area contributed by atoms with Crippen LogP contribution in [-0.4, -0.2) is 0 Å². The number of aryl methyl sites for hydroxylation is 2. The molecule has 4 aromatic carbocycles. The smallest absolute Gasteiger partial charge is 0.0744 e. The van der Waals surface area contributed by atoms with E-state index in [1.54, 1.807) is 0 Å². The van der Waals surface area contributed by atoms with Gasteiger partial charge in [0.1, 0.15) is 0 Å². The van der Waals surface area contributed by atoms with Crippen molar-refractivity contribution >= 4 is 34.1 Å². The Kier molecular flexibility index (Phi) is 3.68. The molecule has 0 bridgehead atoms. The van der Waals surface area contributed by atoms with E-state index in [0.29, 0.717) is 0 Å². The van der Waals surface area contributed by atoms with Crippen molar-refractivity contribution < 1.29 is 0 Å². The van der Waals surface area contributed by atoms with Crippen molar-refractivity contribution in [2.45, 2.75) is 33.1 Å². The van der Waals surface area contributed by atoms with Crippen LogP contribution >= 0.6 is 0 Å². The minimum Gasteiger partial charge on any atom is -0.306 e. The minimum absolute atomic E-state index is 0.0776. The van der Waals surface area contributed by atoms with E-state index >= 15 is 0 Å². The van der Waals surface area contributed by atoms with Crippen LogP contribution in [0.15, 0.2) is 84.9 Å². The predicted octanol–water partition coefficient (Wildman–Crippen LogP) is 8.20. The molecular formula is C29H26N2. The third kappa shape index (κ3) is 2.33. The first-order chi connectivity index (χ1) is 15.0. The van der Waals surface area contributed by atoms with Gasteiger partial charge < -0.3 is 9.80 Å². The van der Waals surface area contributed by atoms with Crippen molar-refractivity contribution in [3.8, 4) is 0 Å². The normalized spacial score (nSPS) is 15.2. The van der Waals surface area contributed by atoms with Gasteiger partial charge in [0, 0.05) is 11.1 Å². The van der Waals surface area contributed by atoms with Crippen molar-refractivity contribution in [2.24, 2.45) is 0 Å². The molecule has 31 heavy (non-hydrogen) atoms. The average Bonchev–Trinajstić information content (AvgIpc) is 2.77. The van der Waals surface area contributed by atoms with E-state index in [1.807, 2.05) is 0 Å². The number of benzene rings is 4.